The van der Waals surface area contributed by atoms with Gasteiger partial charge in [-0.05, 0) is 49.4 Å². The van der Waals surface area contributed by atoms with Crippen molar-refractivity contribution in [2.24, 2.45) is 0 Å². The average molecular weight is 623 g/mol. The molecule has 13 nitrogen and oxygen atoms in total. The summed E-state index contributed by atoms with van der Waals surface area (Å²) in [6.07, 6.45) is 1.68. The van der Waals surface area contributed by atoms with Gasteiger partial charge in [-0.1, -0.05) is 0 Å². The number of aryl methyl sites for hydroxylation is 1. The highest BCUT2D eigenvalue weighted by atomic mass is 16.5. The first kappa shape index (κ1) is 30.6. The largest absolute Gasteiger partial charge is 0.497 e. The molecule has 4 heterocycles. The van der Waals surface area contributed by atoms with Crippen molar-refractivity contribution in [2.75, 3.05) is 53.7 Å². The maximum absolute atomic E-state index is 13.6. The molecule has 1 aliphatic heterocycles. The van der Waals surface area contributed by atoms with E-state index in [2.05, 4.69) is 26.4 Å². The van der Waals surface area contributed by atoms with Gasteiger partial charge in [0.15, 0.2) is 11.5 Å². The fourth-order valence-electron chi connectivity index (χ4n) is 5.31. The molecule has 0 saturated carbocycles. The van der Waals surface area contributed by atoms with Gasteiger partial charge in [-0.3, -0.25) is 14.3 Å². The lowest BCUT2D eigenvalue weighted by Crippen LogP contribution is -2.38. The number of amides is 1. The normalized spacial score (nSPS) is 13.3. The minimum Gasteiger partial charge on any atom is -0.497 e. The molecule has 0 radical (unpaired) electrons. The number of nitrogens with zero attached hydrogens (tertiary/aromatic N) is 7. The highest BCUT2D eigenvalue weighted by molar-refractivity contribution is 5.97. The zero-order valence-corrected chi connectivity index (χ0v) is 25.9. The number of fused-ring (bicyclic) bond motifs is 1. The van der Waals surface area contributed by atoms with Crippen molar-refractivity contribution in [3.05, 3.63) is 83.4 Å². The van der Waals surface area contributed by atoms with Gasteiger partial charge in [-0.25, -0.2) is 14.6 Å². The van der Waals surface area contributed by atoms with Crippen LogP contribution in [-0.2, 0) is 11.3 Å². The Morgan fingerprint density at radius 1 is 1.04 bits per heavy atom. The van der Waals surface area contributed by atoms with E-state index in [1.165, 1.54) is 4.68 Å². The van der Waals surface area contributed by atoms with E-state index in [4.69, 9.17) is 23.9 Å². The van der Waals surface area contributed by atoms with E-state index in [0.29, 0.717) is 29.6 Å². The van der Waals surface area contributed by atoms with Crippen LogP contribution in [0, 0.1) is 18.3 Å². The number of carbonyl (C=O) groups excluding carboxylic acids is 1. The third-order valence-electron chi connectivity index (χ3n) is 7.79. The molecule has 3 aromatic heterocycles. The molecular formula is C33H34N8O5. The molecule has 1 saturated heterocycles. The van der Waals surface area contributed by atoms with Gasteiger partial charge in [0.1, 0.15) is 42.1 Å². The van der Waals surface area contributed by atoms with E-state index in [1.54, 1.807) is 57.8 Å². The van der Waals surface area contributed by atoms with Crippen molar-refractivity contribution in [2.45, 2.75) is 13.5 Å². The lowest BCUT2D eigenvalue weighted by molar-refractivity contribution is 0.0322. The van der Waals surface area contributed by atoms with Crippen LogP contribution in [0.1, 0.15) is 27.3 Å². The van der Waals surface area contributed by atoms with Gasteiger partial charge < -0.3 is 24.3 Å². The number of nitriles is 1. The van der Waals surface area contributed by atoms with Gasteiger partial charge in [-0.15, -0.1) is 0 Å². The lowest BCUT2D eigenvalue weighted by Gasteiger charge is -2.26. The standard InChI is InChI=1S/C33H34N8O5/c1-22-16-24(19-34)38-41(22)32-27(33(42)35-20-23-4-5-25(43-2)18-30(23)44-3)7-9-31(37-32)40-21-36-28-17-26(6-8-29(28)40)46-15-12-39-10-13-45-14-11-39/h4-9,16-18,21H,10-15,20H2,1-3H3,(H,35,42). The van der Waals surface area contributed by atoms with Crippen molar-refractivity contribution in [3.8, 4) is 35.0 Å². The molecule has 236 valence electrons. The van der Waals surface area contributed by atoms with Gasteiger partial charge >= 0.3 is 0 Å². The number of pyridine rings is 1. The molecule has 0 bridgehead atoms. The molecule has 1 N–H and O–H groups in total. The van der Waals surface area contributed by atoms with Crippen molar-refractivity contribution in [3.63, 3.8) is 0 Å². The van der Waals surface area contributed by atoms with Crippen molar-refractivity contribution >= 4 is 16.9 Å². The summed E-state index contributed by atoms with van der Waals surface area (Å²) in [6, 6.07) is 18.3. The number of imidazole rings is 1. The summed E-state index contributed by atoms with van der Waals surface area (Å²) >= 11 is 0. The Bertz CT molecular complexity index is 1900. The molecule has 13 heteroatoms. The lowest BCUT2D eigenvalue weighted by atomic mass is 10.1. The predicted octanol–water partition coefficient (Wildman–Crippen LogP) is 3.44. The van der Waals surface area contributed by atoms with E-state index < -0.39 is 0 Å². The highest BCUT2D eigenvalue weighted by Crippen LogP contribution is 2.26. The zero-order valence-electron chi connectivity index (χ0n) is 25.9. The van der Waals surface area contributed by atoms with Crippen LogP contribution in [0.15, 0.2) is 60.9 Å². The number of carbonyl (C=O) groups is 1. The van der Waals surface area contributed by atoms with Crippen molar-refractivity contribution in [1.82, 2.24) is 34.5 Å². The number of rotatable bonds is 11. The Kier molecular flexibility index (Phi) is 9.09. The molecule has 1 aliphatic rings. The Morgan fingerprint density at radius 3 is 2.63 bits per heavy atom. The van der Waals surface area contributed by atoms with Gasteiger partial charge in [0.25, 0.3) is 5.91 Å². The number of nitrogens with one attached hydrogen (secondary N) is 1. The molecule has 0 aliphatic carbocycles. The summed E-state index contributed by atoms with van der Waals surface area (Å²) < 4.78 is 25.5. The topological polar surface area (TPSA) is 142 Å². The molecule has 0 atom stereocenters. The first-order valence-corrected chi connectivity index (χ1v) is 14.8. The number of methoxy groups -OCH3 is 2. The Balaban J connectivity index is 1.27. The smallest absolute Gasteiger partial charge is 0.255 e. The van der Waals surface area contributed by atoms with Crippen molar-refractivity contribution in [1.29, 1.82) is 5.26 Å². The van der Waals surface area contributed by atoms with Crippen LogP contribution in [0.4, 0.5) is 0 Å². The van der Waals surface area contributed by atoms with Gasteiger partial charge in [0.05, 0.1) is 44.0 Å². The number of morpholine rings is 1. The van der Waals surface area contributed by atoms with E-state index in [0.717, 1.165) is 55.2 Å². The van der Waals surface area contributed by atoms with E-state index in [-0.39, 0.29) is 29.5 Å². The van der Waals surface area contributed by atoms with Gasteiger partial charge in [-0.2, -0.15) is 10.4 Å². The van der Waals surface area contributed by atoms with Crippen LogP contribution < -0.4 is 19.5 Å². The van der Waals surface area contributed by atoms with Gasteiger partial charge in [0.2, 0.25) is 0 Å². The second-order valence-corrected chi connectivity index (χ2v) is 10.7. The summed E-state index contributed by atoms with van der Waals surface area (Å²) in [4.78, 5) is 25.4. The summed E-state index contributed by atoms with van der Waals surface area (Å²) in [6.45, 7) is 6.74. The number of hydrogen-bond acceptors (Lipinski definition) is 10. The number of ether oxygens (including phenoxy) is 4. The first-order chi connectivity index (χ1) is 22.5. The zero-order chi connectivity index (χ0) is 32.0. The molecule has 2 aromatic carbocycles. The summed E-state index contributed by atoms with van der Waals surface area (Å²) in [5, 5.41) is 16.8. The Hall–Kier alpha value is -5.45. The van der Waals surface area contributed by atoms with Crippen LogP contribution in [0.5, 0.6) is 17.2 Å². The fraction of sp³-hybridized carbons (Fsp3) is 0.303. The maximum Gasteiger partial charge on any atom is 0.255 e. The Morgan fingerprint density at radius 2 is 1.87 bits per heavy atom. The maximum atomic E-state index is 13.6. The van der Waals surface area contributed by atoms with Gasteiger partial charge in [0, 0.05) is 49.6 Å². The fourth-order valence-corrected chi connectivity index (χ4v) is 5.31. The van der Waals surface area contributed by atoms with Crippen LogP contribution in [0.2, 0.25) is 0 Å². The Labute approximate surface area is 265 Å². The number of hydrogen-bond donors (Lipinski definition) is 1. The molecule has 5 aromatic rings. The van der Waals surface area contributed by atoms with E-state index in [1.807, 2.05) is 28.8 Å². The molecular weight excluding hydrogens is 588 g/mol. The van der Waals surface area contributed by atoms with E-state index >= 15 is 0 Å². The van der Waals surface area contributed by atoms with Crippen LogP contribution in [-0.4, -0.2) is 88.8 Å². The summed E-state index contributed by atoms with van der Waals surface area (Å²) in [7, 11) is 3.14. The van der Waals surface area contributed by atoms with Crippen LogP contribution in [0.25, 0.3) is 22.7 Å². The third-order valence-corrected chi connectivity index (χ3v) is 7.79. The number of benzene rings is 2. The van der Waals surface area contributed by atoms with Crippen molar-refractivity contribution < 1.29 is 23.7 Å². The average Bonchev–Trinajstić information content (AvgIpc) is 3.70. The van der Waals surface area contributed by atoms with E-state index in [9.17, 15) is 10.1 Å². The molecule has 0 spiro atoms. The monoisotopic (exact) mass is 622 g/mol. The quantitative estimate of drug-likeness (QED) is 0.233. The van der Waals surface area contributed by atoms with Crippen LogP contribution in [0.3, 0.4) is 0 Å². The third kappa shape index (κ3) is 6.49. The second-order valence-electron chi connectivity index (χ2n) is 10.7. The molecule has 0 unspecified atom stereocenters. The molecule has 1 amide bonds. The first-order valence-electron chi connectivity index (χ1n) is 14.8. The minimum absolute atomic E-state index is 0.206. The SMILES string of the molecule is COc1ccc(CNC(=O)c2ccc(-n3cnc4cc(OCCN5CCOCC5)ccc43)nc2-n2nc(C#N)cc2C)c(OC)c1. The van der Waals surface area contributed by atoms with Crippen LogP contribution >= 0.6 is 0 Å². The highest BCUT2D eigenvalue weighted by Gasteiger charge is 2.20. The molecule has 1 fully saturated rings. The molecule has 6 rings (SSSR count). The summed E-state index contributed by atoms with van der Waals surface area (Å²) in [5.41, 5.74) is 3.49. The second kappa shape index (κ2) is 13.7. The molecule has 46 heavy (non-hydrogen) atoms. The minimum atomic E-state index is -0.366. The number of aromatic nitrogens is 5. The summed E-state index contributed by atoms with van der Waals surface area (Å²) in [5.74, 6) is 2.41. The predicted molar refractivity (Wildman–Crippen MR) is 169 cm³/mol.